The summed E-state index contributed by atoms with van der Waals surface area (Å²) >= 11 is 6.10. The number of benzene rings is 1. The standard InChI is InChI=1S/C12H15ClO2/c1-12(2,3)9-5-4-8(6-10(9)13)7-11(14)15/h4-6H,7H2,1-3H3,(H,14,15). The lowest BCUT2D eigenvalue weighted by atomic mass is 9.86. The number of hydrogen-bond donors (Lipinski definition) is 1. The monoisotopic (exact) mass is 226 g/mol. The van der Waals surface area contributed by atoms with Crippen LogP contribution in [0.3, 0.4) is 0 Å². The van der Waals surface area contributed by atoms with E-state index in [1.54, 1.807) is 6.07 Å². The van der Waals surface area contributed by atoms with Crippen LogP contribution in [0.2, 0.25) is 5.02 Å². The average molecular weight is 227 g/mol. The van der Waals surface area contributed by atoms with Gasteiger partial charge in [0.05, 0.1) is 6.42 Å². The number of carboxylic acids is 1. The van der Waals surface area contributed by atoms with E-state index in [9.17, 15) is 4.79 Å². The highest BCUT2D eigenvalue weighted by molar-refractivity contribution is 6.31. The van der Waals surface area contributed by atoms with Crippen LogP contribution < -0.4 is 0 Å². The number of carboxylic acid groups (broad SMARTS) is 1. The molecular weight excluding hydrogens is 212 g/mol. The molecule has 0 saturated carbocycles. The molecule has 1 aromatic rings. The Morgan fingerprint density at radius 1 is 1.40 bits per heavy atom. The third kappa shape index (κ3) is 3.24. The van der Waals surface area contributed by atoms with E-state index in [2.05, 4.69) is 20.8 Å². The first-order chi connectivity index (χ1) is 6.80. The third-order valence-corrected chi connectivity index (χ3v) is 2.51. The first-order valence-corrected chi connectivity index (χ1v) is 5.19. The van der Waals surface area contributed by atoms with Crippen molar-refractivity contribution in [1.82, 2.24) is 0 Å². The molecule has 0 heterocycles. The lowest BCUT2D eigenvalue weighted by molar-refractivity contribution is -0.136. The van der Waals surface area contributed by atoms with Crippen molar-refractivity contribution in [2.75, 3.05) is 0 Å². The molecule has 0 bridgehead atoms. The molecule has 1 N–H and O–H groups in total. The van der Waals surface area contributed by atoms with Gasteiger partial charge in [0.25, 0.3) is 0 Å². The van der Waals surface area contributed by atoms with E-state index in [4.69, 9.17) is 16.7 Å². The number of rotatable bonds is 2. The van der Waals surface area contributed by atoms with Crippen LogP contribution in [0, 0.1) is 0 Å². The fraction of sp³-hybridized carbons (Fsp3) is 0.417. The van der Waals surface area contributed by atoms with Gasteiger partial charge >= 0.3 is 5.97 Å². The van der Waals surface area contributed by atoms with E-state index in [0.29, 0.717) is 5.02 Å². The summed E-state index contributed by atoms with van der Waals surface area (Å²) in [4.78, 5) is 10.5. The summed E-state index contributed by atoms with van der Waals surface area (Å²) in [5.74, 6) is -0.838. The molecule has 0 saturated heterocycles. The molecule has 1 rings (SSSR count). The van der Waals surface area contributed by atoms with E-state index in [1.807, 2.05) is 12.1 Å². The minimum Gasteiger partial charge on any atom is -0.481 e. The molecule has 0 aliphatic heterocycles. The second-order valence-corrected chi connectivity index (χ2v) is 5.04. The highest BCUT2D eigenvalue weighted by atomic mass is 35.5. The van der Waals surface area contributed by atoms with Crippen LogP contribution in [0.15, 0.2) is 18.2 Å². The normalized spacial score (nSPS) is 11.5. The maximum Gasteiger partial charge on any atom is 0.307 e. The Labute approximate surface area is 94.9 Å². The molecule has 0 aromatic heterocycles. The van der Waals surface area contributed by atoms with Gasteiger partial charge in [0.1, 0.15) is 0 Å². The SMILES string of the molecule is CC(C)(C)c1ccc(CC(=O)O)cc1Cl. The Morgan fingerprint density at radius 2 is 2.00 bits per heavy atom. The van der Waals surface area contributed by atoms with Crippen molar-refractivity contribution >= 4 is 17.6 Å². The summed E-state index contributed by atoms with van der Waals surface area (Å²) in [6.07, 6.45) is 0.0180. The van der Waals surface area contributed by atoms with Crippen molar-refractivity contribution in [3.63, 3.8) is 0 Å². The molecule has 0 aliphatic rings. The smallest absolute Gasteiger partial charge is 0.307 e. The van der Waals surface area contributed by atoms with Gasteiger partial charge in [-0.2, -0.15) is 0 Å². The second-order valence-electron chi connectivity index (χ2n) is 4.63. The molecule has 3 heteroatoms. The average Bonchev–Trinajstić information content (AvgIpc) is 1.99. The Balaban J connectivity index is 3.04. The summed E-state index contributed by atoms with van der Waals surface area (Å²) < 4.78 is 0. The van der Waals surface area contributed by atoms with Crippen LogP contribution in [0.4, 0.5) is 0 Å². The molecule has 15 heavy (non-hydrogen) atoms. The topological polar surface area (TPSA) is 37.3 Å². The fourth-order valence-corrected chi connectivity index (χ4v) is 1.94. The largest absolute Gasteiger partial charge is 0.481 e. The van der Waals surface area contributed by atoms with Gasteiger partial charge in [0.2, 0.25) is 0 Å². The Morgan fingerprint density at radius 3 is 2.40 bits per heavy atom. The van der Waals surface area contributed by atoms with Gasteiger partial charge in [0, 0.05) is 5.02 Å². The highest BCUT2D eigenvalue weighted by Gasteiger charge is 2.17. The molecular formula is C12H15ClO2. The highest BCUT2D eigenvalue weighted by Crippen LogP contribution is 2.30. The lowest BCUT2D eigenvalue weighted by Gasteiger charge is -2.20. The van der Waals surface area contributed by atoms with Crippen LogP contribution >= 0.6 is 11.6 Å². The number of halogens is 1. The number of carbonyl (C=O) groups is 1. The third-order valence-electron chi connectivity index (χ3n) is 2.20. The van der Waals surface area contributed by atoms with E-state index in [-0.39, 0.29) is 11.8 Å². The predicted molar refractivity (Wildman–Crippen MR) is 61.5 cm³/mol. The van der Waals surface area contributed by atoms with Gasteiger partial charge < -0.3 is 5.11 Å². The Kier molecular flexibility index (Phi) is 3.40. The molecule has 1 aromatic carbocycles. The van der Waals surface area contributed by atoms with Crippen molar-refractivity contribution in [2.45, 2.75) is 32.6 Å². The van der Waals surface area contributed by atoms with E-state index >= 15 is 0 Å². The van der Waals surface area contributed by atoms with Crippen LogP contribution in [0.25, 0.3) is 0 Å². The van der Waals surface area contributed by atoms with Crippen LogP contribution in [0.5, 0.6) is 0 Å². The van der Waals surface area contributed by atoms with E-state index in [1.165, 1.54) is 0 Å². The van der Waals surface area contributed by atoms with Gasteiger partial charge in [-0.15, -0.1) is 0 Å². The van der Waals surface area contributed by atoms with Crippen molar-refractivity contribution in [1.29, 1.82) is 0 Å². The maximum absolute atomic E-state index is 10.5. The zero-order chi connectivity index (χ0) is 11.6. The first kappa shape index (κ1) is 12.1. The zero-order valence-corrected chi connectivity index (χ0v) is 9.93. The molecule has 0 atom stereocenters. The molecule has 0 aliphatic carbocycles. The summed E-state index contributed by atoms with van der Waals surface area (Å²) in [7, 11) is 0. The summed E-state index contributed by atoms with van der Waals surface area (Å²) in [5.41, 5.74) is 1.76. The summed E-state index contributed by atoms with van der Waals surface area (Å²) in [6.45, 7) is 6.22. The van der Waals surface area contributed by atoms with E-state index in [0.717, 1.165) is 11.1 Å². The van der Waals surface area contributed by atoms with Gasteiger partial charge in [-0.05, 0) is 22.6 Å². The molecule has 0 unspecified atom stereocenters. The molecule has 82 valence electrons. The summed E-state index contributed by atoms with van der Waals surface area (Å²) in [5, 5.41) is 9.28. The molecule has 0 radical (unpaired) electrons. The number of hydrogen-bond acceptors (Lipinski definition) is 1. The Hall–Kier alpha value is -1.02. The first-order valence-electron chi connectivity index (χ1n) is 4.81. The van der Waals surface area contributed by atoms with Gasteiger partial charge in [-0.3, -0.25) is 4.79 Å². The van der Waals surface area contributed by atoms with Crippen LogP contribution in [-0.4, -0.2) is 11.1 Å². The molecule has 0 spiro atoms. The minimum atomic E-state index is -0.838. The Bertz CT molecular complexity index is 378. The quantitative estimate of drug-likeness (QED) is 0.841. The van der Waals surface area contributed by atoms with Gasteiger partial charge in [0.15, 0.2) is 0 Å². The van der Waals surface area contributed by atoms with Crippen molar-refractivity contribution < 1.29 is 9.90 Å². The van der Waals surface area contributed by atoms with Gasteiger partial charge in [-0.1, -0.05) is 44.5 Å². The van der Waals surface area contributed by atoms with Gasteiger partial charge in [-0.25, -0.2) is 0 Å². The lowest BCUT2D eigenvalue weighted by Crippen LogP contribution is -2.12. The fourth-order valence-electron chi connectivity index (χ4n) is 1.45. The van der Waals surface area contributed by atoms with E-state index < -0.39 is 5.97 Å². The van der Waals surface area contributed by atoms with Crippen LogP contribution in [-0.2, 0) is 16.6 Å². The molecule has 0 fully saturated rings. The predicted octanol–water partition coefficient (Wildman–Crippen LogP) is 3.26. The zero-order valence-electron chi connectivity index (χ0n) is 9.17. The van der Waals surface area contributed by atoms with Crippen molar-refractivity contribution in [3.05, 3.63) is 34.3 Å². The van der Waals surface area contributed by atoms with Crippen molar-refractivity contribution in [2.24, 2.45) is 0 Å². The molecule has 0 amide bonds. The van der Waals surface area contributed by atoms with Crippen LogP contribution in [0.1, 0.15) is 31.9 Å². The maximum atomic E-state index is 10.5. The number of aliphatic carboxylic acids is 1. The molecule has 2 nitrogen and oxygen atoms in total. The second kappa shape index (κ2) is 4.23. The van der Waals surface area contributed by atoms with Crippen molar-refractivity contribution in [3.8, 4) is 0 Å². The summed E-state index contributed by atoms with van der Waals surface area (Å²) in [6, 6.07) is 5.46. The minimum absolute atomic E-state index is 0.0150.